The highest BCUT2D eigenvalue weighted by atomic mass is 15.1. The highest BCUT2D eigenvalue weighted by Crippen LogP contribution is 2.67. The third-order valence-corrected chi connectivity index (χ3v) is 29.6. The number of imidazole rings is 4. The van der Waals surface area contributed by atoms with E-state index >= 15 is 0 Å². The predicted molar refractivity (Wildman–Crippen MR) is 534 cm³/mol. The molecule has 0 bridgehead atoms. The maximum atomic E-state index is 5.88. The van der Waals surface area contributed by atoms with Crippen LogP contribution in [0.25, 0.3) is 222 Å². The SMILES string of the molecule is Cc1nc2ccc(-c3cccc4c(-c5cccc6c5-c5ccccc5C65c6ccccc6-c6cc(-c7ccc8c(c7)nc(-c7ccccc7)n8-c7cccc8c(-c9cccc%10c9-c9ccccc9C%109c%10ccccc%10-c%10ccccc%109)c9cccc(-n%10c(-c%11ccccc%11)nc%11ccccc%11%10)c9cc78)ccc65)c5cccc(-c6ccc7nc(C)n(C)c7c6)c5cc34)cc2n1C. The second-order valence-corrected chi connectivity index (χ2v) is 35.8. The lowest BCUT2D eigenvalue weighted by Gasteiger charge is -2.30. The van der Waals surface area contributed by atoms with E-state index in [0.29, 0.717) is 0 Å². The van der Waals surface area contributed by atoms with Gasteiger partial charge in [0.25, 0.3) is 0 Å². The van der Waals surface area contributed by atoms with Crippen molar-refractivity contribution in [1.82, 2.24) is 38.2 Å². The molecule has 0 amide bonds. The second-order valence-electron chi connectivity index (χ2n) is 35.8. The van der Waals surface area contributed by atoms with E-state index in [4.69, 9.17) is 19.9 Å². The maximum absolute atomic E-state index is 5.88. The van der Waals surface area contributed by atoms with Crippen LogP contribution in [0.3, 0.4) is 0 Å². The summed E-state index contributed by atoms with van der Waals surface area (Å²) in [5.41, 5.74) is 42.9. The van der Waals surface area contributed by atoms with Gasteiger partial charge in [0.05, 0.1) is 66.3 Å². The fraction of sp³-hybridized carbons (Fsp3) is 0.0492. The van der Waals surface area contributed by atoms with Crippen LogP contribution >= 0.6 is 0 Å². The van der Waals surface area contributed by atoms with Gasteiger partial charge >= 0.3 is 0 Å². The Kier molecular flexibility index (Phi) is 15.0. The van der Waals surface area contributed by atoms with Crippen LogP contribution in [0.4, 0.5) is 0 Å². The number of hydrogen-bond acceptors (Lipinski definition) is 4. The molecule has 8 heteroatoms. The maximum Gasteiger partial charge on any atom is 0.145 e. The Morgan fingerprint density at radius 3 is 1.05 bits per heavy atom. The summed E-state index contributed by atoms with van der Waals surface area (Å²) in [6.07, 6.45) is 0. The predicted octanol–water partition coefficient (Wildman–Crippen LogP) is 29.7. The van der Waals surface area contributed by atoms with Crippen LogP contribution in [-0.4, -0.2) is 38.2 Å². The summed E-state index contributed by atoms with van der Waals surface area (Å²) in [6.45, 7) is 4.17. The van der Waals surface area contributed by atoms with Crippen LogP contribution in [0.15, 0.2) is 400 Å². The molecule has 2 spiro atoms. The van der Waals surface area contributed by atoms with Gasteiger partial charge in [-0.3, -0.25) is 9.13 Å². The number of nitrogens with zero attached hydrogens (tertiary/aromatic N) is 8. The first kappa shape index (κ1) is 72.6. The quantitative estimate of drug-likeness (QED) is 0.135. The average molecular weight is 1660 g/mol. The number of benzene rings is 20. The number of rotatable bonds is 9. The zero-order chi connectivity index (χ0) is 85.7. The topological polar surface area (TPSA) is 71.3 Å². The Morgan fingerprint density at radius 2 is 0.538 bits per heavy atom. The summed E-state index contributed by atoms with van der Waals surface area (Å²) >= 11 is 0. The van der Waals surface area contributed by atoms with Gasteiger partial charge in [-0.2, -0.15) is 0 Å². The molecule has 0 N–H and O–H groups in total. The van der Waals surface area contributed by atoms with Crippen molar-refractivity contribution in [3.8, 4) is 134 Å². The molecule has 0 saturated heterocycles. The van der Waals surface area contributed by atoms with Crippen LogP contribution in [-0.2, 0) is 24.9 Å². The van der Waals surface area contributed by atoms with Crippen LogP contribution in [0.5, 0.6) is 0 Å². The molecule has 606 valence electrons. The fourth-order valence-electron chi connectivity index (χ4n) is 24.0. The molecule has 1 unspecified atom stereocenters. The van der Waals surface area contributed by atoms with E-state index < -0.39 is 10.8 Å². The molecular weight excluding hydrogens is 1580 g/mol. The molecule has 0 aliphatic heterocycles. The number of aromatic nitrogens is 8. The van der Waals surface area contributed by atoms with Gasteiger partial charge < -0.3 is 9.13 Å². The molecule has 20 aromatic carbocycles. The lowest BCUT2D eigenvalue weighted by Crippen LogP contribution is -2.25. The first-order valence-corrected chi connectivity index (χ1v) is 45.0. The summed E-state index contributed by atoms with van der Waals surface area (Å²) in [5, 5.41) is 9.25. The molecule has 4 heterocycles. The van der Waals surface area contributed by atoms with E-state index in [-0.39, 0.29) is 0 Å². The minimum absolute atomic E-state index is 0.554. The van der Waals surface area contributed by atoms with E-state index in [9.17, 15) is 0 Å². The smallest absolute Gasteiger partial charge is 0.145 e. The lowest BCUT2D eigenvalue weighted by molar-refractivity contribution is 0.794. The van der Waals surface area contributed by atoms with E-state index in [2.05, 4.69) is 447 Å². The van der Waals surface area contributed by atoms with Gasteiger partial charge in [-0.25, -0.2) is 19.9 Å². The van der Waals surface area contributed by atoms with Crippen LogP contribution < -0.4 is 0 Å². The molecule has 8 nitrogen and oxygen atoms in total. The Bertz CT molecular complexity index is 8940. The van der Waals surface area contributed by atoms with E-state index in [0.717, 1.165) is 134 Å². The highest BCUT2D eigenvalue weighted by Gasteiger charge is 2.54. The van der Waals surface area contributed by atoms with E-state index in [1.165, 1.54) is 144 Å². The Labute approximate surface area is 749 Å². The van der Waals surface area contributed by atoms with Gasteiger partial charge in [0.1, 0.15) is 23.3 Å². The molecule has 1 atom stereocenters. The summed E-state index contributed by atoms with van der Waals surface area (Å²) in [6, 6.07) is 151. The second kappa shape index (κ2) is 26.9. The zero-order valence-electron chi connectivity index (χ0n) is 71.7. The third-order valence-electron chi connectivity index (χ3n) is 29.6. The van der Waals surface area contributed by atoms with Crippen molar-refractivity contribution in [3.05, 3.63) is 457 Å². The van der Waals surface area contributed by atoms with Crippen molar-refractivity contribution in [1.29, 1.82) is 0 Å². The number of hydrogen-bond donors (Lipinski definition) is 0. The normalized spacial score (nSPS) is 14.1. The Hall–Kier alpha value is -16.7. The standard InChI is InChI=1S/C122H78N8/c1-71-123-106-62-58-77(67-113(106)127(71)3)79-38-23-40-84-92(79)69-93-80(78-59-63-107-114(68-78)128(4)72(2)124-107)39-24-41-85(93)115(84)90-44-25-52-104-117(90)89-37-15-20-50-101(89)122(104)99-48-18-13-35-83(99)94-65-75(57-61-102(94)122)76-60-64-112-108(66-76)126-120(74-31-9-6-10-32-74)130(112)110-56-28-43-87-96(110)70-95-86(42-27-55-109(95)129-111-54-22-21-53-105(111)125-119(129)73-29-7-5-8-30-73)116(87)91-45-26-51-103-118(91)88-36-14-19-49-100(88)121(103)97-46-16-11-33-81(97)82-34-12-17-47-98(82)121/h5-70H,1-4H3. The number of aryl methyl sites for hydroxylation is 4. The monoisotopic (exact) mass is 1650 g/mol. The Balaban J connectivity index is 0.641. The summed E-state index contributed by atoms with van der Waals surface area (Å²) in [5.74, 6) is 3.71. The van der Waals surface area contributed by atoms with Crippen LogP contribution in [0.2, 0.25) is 0 Å². The van der Waals surface area contributed by atoms with Crippen molar-refractivity contribution in [2.75, 3.05) is 0 Å². The highest BCUT2D eigenvalue weighted by molar-refractivity contribution is 6.23. The van der Waals surface area contributed by atoms with Crippen molar-refractivity contribution < 1.29 is 0 Å². The van der Waals surface area contributed by atoms with Crippen molar-refractivity contribution in [2.45, 2.75) is 24.7 Å². The summed E-state index contributed by atoms with van der Waals surface area (Å²) < 4.78 is 9.26. The first-order chi connectivity index (χ1) is 64.1. The minimum atomic E-state index is -0.660. The molecule has 4 aromatic heterocycles. The first-order valence-electron chi connectivity index (χ1n) is 45.0. The molecule has 28 rings (SSSR count). The number of fused-ring (bicyclic) bond motifs is 28. The molecular formula is C122H78N8. The van der Waals surface area contributed by atoms with Crippen molar-refractivity contribution in [3.63, 3.8) is 0 Å². The average Bonchev–Trinajstić information content (AvgIpc) is 1.50. The van der Waals surface area contributed by atoms with Gasteiger partial charge in [0, 0.05) is 36.0 Å². The molecule has 4 aliphatic carbocycles. The molecule has 130 heavy (non-hydrogen) atoms. The van der Waals surface area contributed by atoms with Gasteiger partial charge in [-0.1, -0.05) is 322 Å². The largest absolute Gasteiger partial charge is 0.331 e. The van der Waals surface area contributed by atoms with Crippen molar-refractivity contribution in [2.24, 2.45) is 14.1 Å². The summed E-state index contributed by atoms with van der Waals surface area (Å²) in [7, 11) is 4.24. The Morgan fingerprint density at radius 1 is 0.192 bits per heavy atom. The number of para-hydroxylation sites is 2. The van der Waals surface area contributed by atoms with Gasteiger partial charge in [-0.15, -0.1) is 0 Å². The summed E-state index contributed by atoms with van der Waals surface area (Å²) in [4.78, 5) is 21.3. The fourth-order valence-corrected chi connectivity index (χ4v) is 24.0. The molecule has 4 aliphatic rings. The van der Waals surface area contributed by atoms with Crippen LogP contribution in [0.1, 0.15) is 56.2 Å². The minimum Gasteiger partial charge on any atom is -0.331 e. The third kappa shape index (κ3) is 9.72. The molecule has 0 fully saturated rings. The lowest BCUT2D eigenvalue weighted by atomic mass is 9.70. The van der Waals surface area contributed by atoms with Gasteiger partial charge in [0.2, 0.25) is 0 Å². The molecule has 24 aromatic rings. The van der Waals surface area contributed by atoms with Gasteiger partial charge in [-0.05, 0) is 270 Å². The molecule has 0 radical (unpaired) electrons. The van der Waals surface area contributed by atoms with Crippen LogP contribution in [0, 0.1) is 13.8 Å². The van der Waals surface area contributed by atoms with E-state index in [1.807, 2.05) is 0 Å². The van der Waals surface area contributed by atoms with Crippen molar-refractivity contribution >= 4 is 87.2 Å². The molecule has 0 saturated carbocycles. The zero-order valence-corrected chi connectivity index (χ0v) is 71.7. The van der Waals surface area contributed by atoms with E-state index in [1.54, 1.807) is 0 Å². The van der Waals surface area contributed by atoms with Gasteiger partial charge in [0.15, 0.2) is 0 Å².